The van der Waals surface area contributed by atoms with E-state index < -0.39 is 0 Å². The highest BCUT2D eigenvalue weighted by molar-refractivity contribution is 6.21. The van der Waals surface area contributed by atoms with Crippen LogP contribution >= 0.6 is 0 Å². The molecule has 0 saturated heterocycles. The van der Waals surface area contributed by atoms with Crippen LogP contribution in [0.3, 0.4) is 0 Å². The van der Waals surface area contributed by atoms with Gasteiger partial charge in [-0.1, -0.05) is 127 Å². The van der Waals surface area contributed by atoms with Gasteiger partial charge in [0.15, 0.2) is 0 Å². The lowest BCUT2D eigenvalue weighted by Gasteiger charge is -2.18. The van der Waals surface area contributed by atoms with Gasteiger partial charge in [-0.05, 0) is 96.7 Å². The summed E-state index contributed by atoms with van der Waals surface area (Å²) in [5.74, 6) is 1.01. The number of fused-ring (bicyclic) bond motifs is 6. The fraction of sp³-hybridized carbons (Fsp3) is 0.0476. The normalized spacial score (nSPS) is 12.8. The van der Waals surface area contributed by atoms with Gasteiger partial charge in [-0.2, -0.15) is 0 Å². The molecule has 9 rings (SSSR count). The van der Waals surface area contributed by atoms with Crippen LogP contribution in [0.1, 0.15) is 17.7 Å². The molecule has 0 amide bonds. The minimum atomic E-state index is 0.969. The zero-order chi connectivity index (χ0) is 28.3. The molecule has 0 bridgehead atoms. The maximum Gasteiger partial charge on any atom is 0.135 e. The Kier molecular flexibility index (Phi) is 5.39. The maximum absolute atomic E-state index is 6.21. The molecular formula is C42H28O. The lowest BCUT2D eigenvalue weighted by atomic mass is 9.85. The van der Waals surface area contributed by atoms with Crippen LogP contribution in [0.25, 0.3) is 82.7 Å². The standard InChI is InChI=1S/C42H28O/c1-2-12-31-27(10-1)11-9-18-32(31)28-20-22-29(23-21-28)41-34-14-3-5-16-36(34)42(37-17-6-4-15-35(37)41)30-24-25-40-38(26-30)33-13-7-8-19-39(33)43-40/h1-6,8-12,14-26H,7,13H2. The summed E-state index contributed by atoms with van der Waals surface area (Å²) in [5, 5.41) is 8.86. The summed E-state index contributed by atoms with van der Waals surface area (Å²) >= 11 is 0. The van der Waals surface area contributed by atoms with Crippen molar-refractivity contribution in [2.75, 3.05) is 0 Å². The van der Waals surface area contributed by atoms with Gasteiger partial charge < -0.3 is 4.42 Å². The number of allylic oxidation sites excluding steroid dienone is 1. The molecule has 0 unspecified atom stereocenters. The first-order valence-corrected chi connectivity index (χ1v) is 15.1. The van der Waals surface area contributed by atoms with Crippen molar-refractivity contribution >= 4 is 49.4 Å². The van der Waals surface area contributed by atoms with Crippen LogP contribution in [0.4, 0.5) is 0 Å². The second-order valence-electron chi connectivity index (χ2n) is 11.5. The Hall–Kier alpha value is -5.40. The van der Waals surface area contributed by atoms with E-state index in [9.17, 15) is 0 Å². The summed E-state index contributed by atoms with van der Waals surface area (Å²) in [5.41, 5.74) is 9.83. The Morgan fingerprint density at radius 2 is 1.05 bits per heavy atom. The van der Waals surface area contributed by atoms with E-state index in [0.717, 1.165) is 24.2 Å². The van der Waals surface area contributed by atoms with Crippen molar-refractivity contribution < 1.29 is 4.42 Å². The van der Waals surface area contributed by atoms with Crippen LogP contribution < -0.4 is 0 Å². The highest BCUT2D eigenvalue weighted by atomic mass is 16.3. The molecule has 8 aromatic rings. The molecule has 0 aliphatic heterocycles. The lowest BCUT2D eigenvalue weighted by Crippen LogP contribution is -1.92. The fourth-order valence-electron chi connectivity index (χ4n) is 7.18. The van der Waals surface area contributed by atoms with Gasteiger partial charge in [-0.25, -0.2) is 0 Å². The summed E-state index contributed by atoms with van der Waals surface area (Å²) in [4.78, 5) is 0. The Bertz CT molecular complexity index is 2320. The molecule has 1 heterocycles. The number of benzene rings is 7. The molecule has 202 valence electrons. The second kappa shape index (κ2) is 9.58. The topological polar surface area (TPSA) is 13.1 Å². The third-order valence-corrected chi connectivity index (χ3v) is 9.15. The largest absolute Gasteiger partial charge is 0.456 e. The SMILES string of the molecule is C1=Cc2oc3ccc(-c4c5ccccc5c(-c5ccc(-c6cccc7ccccc67)cc5)c5ccccc45)cc3c2CC1. The first kappa shape index (κ1) is 24.2. The summed E-state index contributed by atoms with van der Waals surface area (Å²) in [6, 6.07) is 48.8. The molecule has 0 radical (unpaired) electrons. The number of hydrogen-bond donors (Lipinski definition) is 0. The van der Waals surface area contributed by atoms with Crippen molar-refractivity contribution in [3.05, 3.63) is 151 Å². The number of furan rings is 1. The molecular weight excluding hydrogens is 520 g/mol. The van der Waals surface area contributed by atoms with Gasteiger partial charge in [-0.3, -0.25) is 0 Å². The van der Waals surface area contributed by atoms with Crippen LogP contribution in [0.5, 0.6) is 0 Å². The Morgan fingerprint density at radius 3 is 1.77 bits per heavy atom. The van der Waals surface area contributed by atoms with Crippen molar-refractivity contribution in [3.63, 3.8) is 0 Å². The van der Waals surface area contributed by atoms with Gasteiger partial charge in [0, 0.05) is 10.9 Å². The lowest BCUT2D eigenvalue weighted by molar-refractivity contribution is 0.595. The number of rotatable bonds is 3. The minimum Gasteiger partial charge on any atom is -0.456 e. The molecule has 0 spiro atoms. The predicted octanol–water partition coefficient (Wildman–Crippen LogP) is 11.9. The maximum atomic E-state index is 6.21. The minimum absolute atomic E-state index is 0.969. The first-order chi connectivity index (χ1) is 21.3. The summed E-state index contributed by atoms with van der Waals surface area (Å²) < 4.78 is 6.21. The average Bonchev–Trinajstić information content (AvgIpc) is 3.45. The number of hydrogen-bond acceptors (Lipinski definition) is 1. The molecule has 0 saturated carbocycles. The predicted molar refractivity (Wildman–Crippen MR) is 182 cm³/mol. The van der Waals surface area contributed by atoms with E-state index in [1.165, 1.54) is 76.6 Å². The van der Waals surface area contributed by atoms with Crippen LogP contribution in [0, 0.1) is 0 Å². The van der Waals surface area contributed by atoms with Gasteiger partial charge in [0.2, 0.25) is 0 Å². The van der Waals surface area contributed by atoms with Crippen LogP contribution in [-0.4, -0.2) is 0 Å². The number of aryl methyl sites for hydroxylation is 1. The smallest absolute Gasteiger partial charge is 0.135 e. The first-order valence-electron chi connectivity index (χ1n) is 15.1. The Morgan fingerprint density at radius 1 is 0.465 bits per heavy atom. The quantitative estimate of drug-likeness (QED) is 0.200. The van der Waals surface area contributed by atoms with E-state index in [1.54, 1.807) is 0 Å². The monoisotopic (exact) mass is 548 g/mol. The third-order valence-electron chi connectivity index (χ3n) is 9.15. The molecule has 7 aromatic carbocycles. The van der Waals surface area contributed by atoms with Crippen LogP contribution in [-0.2, 0) is 6.42 Å². The molecule has 0 N–H and O–H groups in total. The summed E-state index contributed by atoms with van der Waals surface area (Å²) in [6.07, 6.45) is 6.42. The Balaban J connectivity index is 1.26. The summed E-state index contributed by atoms with van der Waals surface area (Å²) in [7, 11) is 0. The molecule has 1 aliphatic rings. The van der Waals surface area contributed by atoms with E-state index in [2.05, 4.69) is 146 Å². The molecule has 0 fully saturated rings. The zero-order valence-electron chi connectivity index (χ0n) is 23.7. The van der Waals surface area contributed by atoms with Gasteiger partial charge in [0.1, 0.15) is 11.3 Å². The van der Waals surface area contributed by atoms with Crippen molar-refractivity contribution in [1.29, 1.82) is 0 Å². The zero-order valence-corrected chi connectivity index (χ0v) is 23.7. The van der Waals surface area contributed by atoms with E-state index in [0.29, 0.717) is 0 Å². The second-order valence-corrected chi connectivity index (χ2v) is 11.5. The van der Waals surface area contributed by atoms with Gasteiger partial charge >= 0.3 is 0 Å². The molecule has 43 heavy (non-hydrogen) atoms. The van der Waals surface area contributed by atoms with Crippen molar-refractivity contribution in [1.82, 2.24) is 0 Å². The van der Waals surface area contributed by atoms with E-state index in [1.807, 2.05) is 0 Å². The fourth-order valence-corrected chi connectivity index (χ4v) is 7.18. The van der Waals surface area contributed by atoms with E-state index in [-0.39, 0.29) is 0 Å². The van der Waals surface area contributed by atoms with E-state index >= 15 is 0 Å². The van der Waals surface area contributed by atoms with Gasteiger partial charge in [0.05, 0.1) is 0 Å². The average molecular weight is 549 g/mol. The van der Waals surface area contributed by atoms with Crippen LogP contribution in [0.2, 0.25) is 0 Å². The molecule has 1 aliphatic carbocycles. The van der Waals surface area contributed by atoms with Gasteiger partial charge in [-0.15, -0.1) is 0 Å². The van der Waals surface area contributed by atoms with Crippen molar-refractivity contribution in [3.8, 4) is 33.4 Å². The highest BCUT2D eigenvalue weighted by Crippen LogP contribution is 2.45. The van der Waals surface area contributed by atoms with Gasteiger partial charge in [0.25, 0.3) is 0 Å². The molecule has 1 aromatic heterocycles. The molecule has 0 atom stereocenters. The summed E-state index contributed by atoms with van der Waals surface area (Å²) in [6.45, 7) is 0. The van der Waals surface area contributed by atoms with Crippen molar-refractivity contribution in [2.45, 2.75) is 12.8 Å². The Labute approximate surface area is 250 Å². The van der Waals surface area contributed by atoms with Crippen LogP contribution in [0.15, 0.2) is 144 Å². The molecule has 1 heteroatoms. The molecule has 1 nitrogen and oxygen atoms in total. The van der Waals surface area contributed by atoms with E-state index in [4.69, 9.17) is 4.42 Å². The highest BCUT2D eigenvalue weighted by Gasteiger charge is 2.19. The van der Waals surface area contributed by atoms with Crippen molar-refractivity contribution in [2.24, 2.45) is 0 Å². The third kappa shape index (κ3) is 3.78.